The summed E-state index contributed by atoms with van der Waals surface area (Å²) in [6, 6.07) is 9.78. The Morgan fingerprint density at radius 1 is 0.963 bits per heavy atom. The molecule has 2 aliphatic heterocycles. The van der Waals surface area contributed by atoms with Gasteiger partial charge in [-0.3, -0.25) is 0 Å². The van der Waals surface area contributed by atoms with Gasteiger partial charge in [-0.15, -0.1) is 0 Å². The van der Waals surface area contributed by atoms with E-state index >= 15 is 0 Å². The minimum Gasteiger partial charge on any atom is -0.493 e. The monoisotopic (exact) mass is 372 g/mol. The Hall–Kier alpha value is -2.60. The highest BCUT2D eigenvalue weighted by Crippen LogP contribution is 2.54. The average molecular weight is 372 g/mol. The minimum absolute atomic E-state index is 0.00335. The van der Waals surface area contributed by atoms with Gasteiger partial charge in [-0.1, -0.05) is 19.1 Å². The summed E-state index contributed by atoms with van der Waals surface area (Å²) in [6.45, 7) is 4.27. The molecular formula is C21H24O6. The van der Waals surface area contributed by atoms with Crippen LogP contribution in [0, 0.1) is 5.92 Å². The van der Waals surface area contributed by atoms with Gasteiger partial charge in [0, 0.05) is 43.1 Å². The number of ether oxygens (including phenoxy) is 6. The molecule has 0 amide bonds. The van der Waals surface area contributed by atoms with E-state index in [-0.39, 0.29) is 18.6 Å². The van der Waals surface area contributed by atoms with Gasteiger partial charge in [0.25, 0.3) is 0 Å². The second-order valence-electron chi connectivity index (χ2n) is 6.91. The van der Waals surface area contributed by atoms with Crippen molar-refractivity contribution < 1.29 is 28.4 Å². The van der Waals surface area contributed by atoms with E-state index in [0.717, 1.165) is 22.6 Å². The minimum atomic E-state index is -0.806. The molecule has 0 saturated carbocycles. The van der Waals surface area contributed by atoms with Crippen LogP contribution in [0.3, 0.4) is 0 Å². The molecule has 4 rings (SSSR count). The number of methoxy groups -OCH3 is 3. The van der Waals surface area contributed by atoms with Crippen LogP contribution in [0.25, 0.3) is 0 Å². The molecule has 0 aliphatic carbocycles. The Morgan fingerprint density at radius 3 is 2.37 bits per heavy atom. The highest BCUT2D eigenvalue weighted by Gasteiger charge is 2.47. The first-order valence-corrected chi connectivity index (χ1v) is 8.91. The highest BCUT2D eigenvalue weighted by molar-refractivity contribution is 5.59. The molecule has 0 spiro atoms. The zero-order valence-corrected chi connectivity index (χ0v) is 16.2. The van der Waals surface area contributed by atoms with Crippen LogP contribution in [0.4, 0.5) is 0 Å². The van der Waals surface area contributed by atoms with E-state index in [0.29, 0.717) is 17.2 Å². The van der Waals surface area contributed by atoms with Gasteiger partial charge >= 0.3 is 0 Å². The maximum absolute atomic E-state index is 6.26. The van der Waals surface area contributed by atoms with Crippen LogP contribution in [-0.2, 0) is 4.74 Å². The van der Waals surface area contributed by atoms with E-state index in [9.17, 15) is 0 Å². The van der Waals surface area contributed by atoms with Gasteiger partial charge in [-0.25, -0.2) is 0 Å². The Kier molecular flexibility index (Phi) is 4.30. The molecule has 3 unspecified atom stereocenters. The first-order valence-electron chi connectivity index (χ1n) is 8.91. The van der Waals surface area contributed by atoms with Gasteiger partial charge < -0.3 is 28.4 Å². The molecule has 144 valence electrons. The second-order valence-corrected chi connectivity index (χ2v) is 6.91. The molecule has 0 fully saturated rings. The number of hydrogen-bond donors (Lipinski definition) is 0. The number of para-hydroxylation sites is 1. The predicted octanol–water partition coefficient (Wildman–Crippen LogP) is 3.96. The Bertz CT molecular complexity index is 864. The summed E-state index contributed by atoms with van der Waals surface area (Å²) in [6.07, 6.45) is 0. The normalized spacial score (nSPS) is 25.5. The van der Waals surface area contributed by atoms with E-state index in [2.05, 4.69) is 13.0 Å². The molecule has 6 heteroatoms. The third-order valence-electron chi connectivity index (χ3n) is 5.65. The first kappa shape index (κ1) is 17.8. The zero-order chi connectivity index (χ0) is 19.2. The molecule has 2 aliphatic rings. The van der Waals surface area contributed by atoms with Crippen molar-refractivity contribution in [1.29, 1.82) is 0 Å². The molecule has 0 N–H and O–H groups in total. The molecule has 27 heavy (non-hydrogen) atoms. The smallest absolute Gasteiger partial charge is 0.231 e. The van der Waals surface area contributed by atoms with Crippen molar-refractivity contribution in [3.8, 4) is 28.7 Å². The van der Waals surface area contributed by atoms with Gasteiger partial charge in [0.15, 0.2) is 23.0 Å². The van der Waals surface area contributed by atoms with Crippen molar-refractivity contribution in [2.75, 3.05) is 28.1 Å². The van der Waals surface area contributed by atoms with Gasteiger partial charge in [0.2, 0.25) is 12.6 Å². The van der Waals surface area contributed by atoms with Crippen LogP contribution in [0.1, 0.15) is 30.9 Å². The molecule has 0 aromatic heterocycles. The Balaban J connectivity index is 1.94. The van der Waals surface area contributed by atoms with Gasteiger partial charge in [0.1, 0.15) is 5.75 Å². The van der Waals surface area contributed by atoms with E-state index < -0.39 is 5.79 Å². The number of fused-ring (bicyclic) bond motifs is 2. The summed E-state index contributed by atoms with van der Waals surface area (Å²) in [5.74, 6) is 2.66. The lowest BCUT2D eigenvalue weighted by Crippen LogP contribution is -2.47. The second kappa shape index (κ2) is 6.53. The summed E-state index contributed by atoms with van der Waals surface area (Å²) in [4.78, 5) is 0. The van der Waals surface area contributed by atoms with E-state index in [4.69, 9.17) is 28.4 Å². The summed E-state index contributed by atoms with van der Waals surface area (Å²) in [5, 5.41) is 0. The third-order valence-corrected chi connectivity index (χ3v) is 5.65. The third kappa shape index (κ3) is 2.67. The lowest BCUT2D eigenvalue weighted by atomic mass is 9.75. The van der Waals surface area contributed by atoms with Crippen molar-refractivity contribution in [3.05, 3.63) is 41.5 Å². The van der Waals surface area contributed by atoms with Crippen LogP contribution in [0.2, 0.25) is 0 Å². The number of hydrogen-bond acceptors (Lipinski definition) is 6. The molecule has 2 aromatic carbocycles. The molecule has 6 nitrogen and oxygen atoms in total. The number of rotatable bonds is 4. The summed E-state index contributed by atoms with van der Waals surface area (Å²) in [7, 11) is 4.95. The fraction of sp³-hybridized carbons (Fsp3) is 0.429. The van der Waals surface area contributed by atoms with Crippen molar-refractivity contribution in [2.45, 2.75) is 25.6 Å². The SMILES string of the molecule is COc1cccc(C2c3cc4c(cc3OC(C)(OC)C2C)OCO4)c1OC. The molecule has 3 atom stereocenters. The fourth-order valence-electron chi connectivity index (χ4n) is 3.98. The van der Waals surface area contributed by atoms with Crippen LogP contribution in [-0.4, -0.2) is 33.9 Å². The molecule has 2 aromatic rings. The maximum atomic E-state index is 6.26. The lowest BCUT2D eigenvalue weighted by molar-refractivity contribution is -0.194. The van der Waals surface area contributed by atoms with Crippen molar-refractivity contribution >= 4 is 0 Å². The van der Waals surface area contributed by atoms with Crippen LogP contribution < -0.4 is 23.7 Å². The maximum Gasteiger partial charge on any atom is 0.231 e. The van der Waals surface area contributed by atoms with Gasteiger partial charge in [0.05, 0.1) is 14.2 Å². The van der Waals surface area contributed by atoms with Crippen LogP contribution in [0.15, 0.2) is 30.3 Å². The average Bonchev–Trinajstić information content (AvgIpc) is 3.14. The largest absolute Gasteiger partial charge is 0.493 e. The van der Waals surface area contributed by atoms with E-state index in [1.54, 1.807) is 21.3 Å². The molecule has 0 saturated heterocycles. The Labute approximate surface area is 158 Å². The van der Waals surface area contributed by atoms with E-state index in [1.165, 1.54) is 0 Å². The molecule has 0 bridgehead atoms. The molecule has 2 heterocycles. The standard InChI is InChI=1S/C21H24O6/c1-12-19(13-7-6-8-15(22-3)20(13)23-4)14-9-17-18(26-11-25-17)10-16(14)27-21(12,2)24-5/h6-10,12,19H,11H2,1-5H3. The summed E-state index contributed by atoms with van der Waals surface area (Å²) < 4.78 is 34.4. The van der Waals surface area contributed by atoms with Gasteiger partial charge in [-0.2, -0.15) is 0 Å². The van der Waals surface area contributed by atoms with Crippen molar-refractivity contribution in [2.24, 2.45) is 5.92 Å². The van der Waals surface area contributed by atoms with Gasteiger partial charge in [-0.05, 0) is 12.1 Å². The zero-order valence-electron chi connectivity index (χ0n) is 16.2. The highest BCUT2D eigenvalue weighted by atomic mass is 16.7. The number of benzene rings is 2. The fourth-order valence-corrected chi connectivity index (χ4v) is 3.98. The summed E-state index contributed by atoms with van der Waals surface area (Å²) >= 11 is 0. The van der Waals surface area contributed by atoms with Crippen molar-refractivity contribution in [1.82, 2.24) is 0 Å². The predicted molar refractivity (Wildman–Crippen MR) is 99.2 cm³/mol. The van der Waals surface area contributed by atoms with Crippen molar-refractivity contribution in [3.63, 3.8) is 0 Å². The van der Waals surface area contributed by atoms with Crippen LogP contribution >= 0.6 is 0 Å². The van der Waals surface area contributed by atoms with E-state index in [1.807, 2.05) is 31.2 Å². The molecular weight excluding hydrogens is 348 g/mol. The quantitative estimate of drug-likeness (QED) is 0.810. The van der Waals surface area contributed by atoms with Crippen LogP contribution in [0.5, 0.6) is 28.7 Å². The lowest BCUT2D eigenvalue weighted by Gasteiger charge is -2.44. The summed E-state index contributed by atoms with van der Waals surface area (Å²) in [5.41, 5.74) is 2.02. The first-order chi connectivity index (χ1) is 13.0. The Morgan fingerprint density at radius 2 is 1.70 bits per heavy atom. The topological polar surface area (TPSA) is 55.4 Å². The molecule has 0 radical (unpaired) electrons.